The number of hydrogen-bond donors (Lipinski definition) is 1. The summed E-state index contributed by atoms with van der Waals surface area (Å²) in [5.41, 5.74) is 1.63. The van der Waals surface area contributed by atoms with Gasteiger partial charge in [-0.3, -0.25) is 9.59 Å². The van der Waals surface area contributed by atoms with Crippen LogP contribution in [0.2, 0.25) is 5.02 Å². The van der Waals surface area contributed by atoms with E-state index in [0.717, 1.165) is 55.6 Å². The van der Waals surface area contributed by atoms with Gasteiger partial charge in [-0.25, -0.2) is 4.98 Å². The van der Waals surface area contributed by atoms with Crippen molar-refractivity contribution in [2.24, 2.45) is 5.92 Å². The van der Waals surface area contributed by atoms with E-state index < -0.39 is 0 Å². The summed E-state index contributed by atoms with van der Waals surface area (Å²) in [7, 11) is 0. The van der Waals surface area contributed by atoms with Crippen molar-refractivity contribution >= 4 is 34.8 Å². The van der Waals surface area contributed by atoms with Crippen LogP contribution in [0.25, 0.3) is 0 Å². The van der Waals surface area contributed by atoms with Gasteiger partial charge < -0.3 is 10.2 Å². The SMILES string of the molecule is Cc1csc(CCCCNC(=O)C2CC3CCCCC3N2C(=O)c2cccc(Cl)c2)n1. The number of carbonyl (C=O) groups is 2. The smallest absolute Gasteiger partial charge is 0.254 e. The number of aryl methyl sites for hydroxylation is 2. The molecule has 7 heteroatoms. The summed E-state index contributed by atoms with van der Waals surface area (Å²) in [5.74, 6) is 0.326. The molecule has 1 aromatic heterocycles. The third-order valence-corrected chi connectivity index (χ3v) is 7.74. The third kappa shape index (κ3) is 5.29. The predicted octanol–water partition coefficient (Wildman–Crippen LogP) is 5.02. The minimum atomic E-state index is -0.388. The number of likely N-dealkylation sites (tertiary alicyclic amines) is 1. The fraction of sp³-hybridized carbons (Fsp3) is 0.542. The van der Waals surface area contributed by atoms with Gasteiger partial charge in [-0.15, -0.1) is 11.3 Å². The molecule has 1 aliphatic heterocycles. The lowest BCUT2D eigenvalue weighted by atomic mass is 9.84. The largest absolute Gasteiger partial charge is 0.354 e. The van der Waals surface area contributed by atoms with Crippen molar-refractivity contribution in [1.29, 1.82) is 0 Å². The Balaban J connectivity index is 1.37. The first kappa shape index (κ1) is 22.3. The number of aromatic nitrogens is 1. The maximum atomic E-state index is 13.4. The third-order valence-electron chi connectivity index (χ3n) is 6.48. The molecule has 2 heterocycles. The Kier molecular flexibility index (Phi) is 7.28. The highest BCUT2D eigenvalue weighted by Gasteiger charge is 2.47. The number of carbonyl (C=O) groups excluding carboxylic acids is 2. The van der Waals surface area contributed by atoms with Crippen molar-refractivity contribution in [2.45, 2.75) is 70.4 Å². The normalized spacial score (nSPS) is 22.9. The molecule has 1 N–H and O–H groups in total. The molecule has 3 unspecified atom stereocenters. The quantitative estimate of drug-likeness (QED) is 0.591. The summed E-state index contributed by atoms with van der Waals surface area (Å²) in [5, 5.41) is 6.87. The van der Waals surface area contributed by atoms with Crippen LogP contribution in [0.15, 0.2) is 29.6 Å². The minimum absolute atomic E-state index is 0.0186. The molecule has 2 amide bonds. The molecule has 1 aromatic carbocycles. The van der Waals surface area contributed by atoms with E-state index in [1.54, 1.807) is 35.6 Å². The van der Waals surface area contributed by atoms with E-state index in [1.165, 1.54) is 6.42 Å². The molecule has 0 radical (unpaired) electrons. The van der Waals surface area contributed by atoms with Gasteiger partial charge in [-0.1, -0.05) is 30.5 Å². The van der Waals surface area contributed by atoms with Crippen molar-refractivity contribution in [3.05, 3.63) is 50.9 Å². The summed E-state index contributed by atoms with van der Waals surface area (Å²) in [6, 6.07) is 6.83. The van der Waals surface area contributed by atoms with Crippen LogP contribution in [-0.2, 0) is 11.2 Å². The molecule has 2 aliphatic rings. The van der Waals surface area contributed by atoms with Crippen LogP contribution >= 0.6 is 22.9 Å². The molecule has 166 valence electrons. The van der Waals surface area contributed by atoms with E-state index in [4.69, 9.17) is 11.6 Å². The number of hydrogen-bond acceptors (Lipinski definition) is 4. The van der Waals surface area contributed by atoms with Crippen molar-refractivity contribution in [1.82, 2.24) is 15.2 Å². The number of thiazole rings is 1. The van der Waals surface area contributed by atoms with E-state index in [0.29, 0.717) is 23.0 Å². The Morgan fingerprint density at radius 1 is 1.26 bits per heavy atom. The Bertz CT molecular complexity index is 931. The molecule has 2 aromatic rings. The van der Waals surface area contributed by atoms with Crippen LogP contribution in [0.5, 0.6) is 0 Å². The molecule has 0 bridgehead atoms. The van der Waals surface area contributed by atoms with Crippen molar-refractivity contribution in [2.75, 3.05) is 6.54 Å². The van der Waals surface area contributed by atoms with Gasteiger partial charge in [0.05, 0.1) is 5.01 Å². The van der Waals surface area contributed by atoms with Gasteiger partial charge in [0.25, 0.3) is 5.91 Å². The van der Waals surface area contributed by atoms with Crippen LogP contribution in [0.3, 0.4) is 0 Å². The van der Waals surface area contributed by atoms with Crippen LogP contribution in [0, 0.1) is 12.8 Å². The molecule has 1 saturated carbocycles. The number of nitrogens with one attached hydrogen (secondary N) is 1. The second kappa shape index (κ2) is 10.1. The molecule has 31 heavy (non-hydrogen) atoms. The van der Waals surface area contributed by atoms with Gasteiger partial charge in [0.1, 0.15) is 6.04 Å². The number of amides is 2. The van der Waals surface area contributed by atoms with Crippen molar-refractivity contribution in [3.63, 3.8) is 0 Å². The fourth-order valence-corrected chi connectivity index (χ4v) is 6.01. The zero-order chi connectivity index (χ0) is 21.8. The number of benzene rings is 1. The highest BCUT2D eigenvalue weighted by molar-refractivity contribution is 7.09. The first-order chi connectivity index (χ1) is 15.0. The molecule has 0 spiro atoms. The van der Waals surface area contributed by atoms with Gasteiger partial charge in [0, 0.05) is 34.2 Å². The van der Waals surface area contributed by atoms with Gasteiger partial charge in [-0.2, -0.15) is 0 Å². The molecular formula is C24H30ClN3O2S. The highest BCUT2D eigenvalue weighted by Crippen LogP contribution is 2.40. The van der Waals surface area contributed by atoms with Crippen LogP contribution in [0.4, 0.5) is 0 Å². The van der Waals surface area contributed by atoms with E-state index in [2.05, 4.69) is 15.7 Å². The van der Waals surface area contributed by atoms with Crippen LogP contribution in [-0.4, -0.2) is 40.3 Å². The zero-order valence-electron chi connectivity index (χ0n) is 18.0. The molecular weight excluding hydrogens is 430 g/mol. The summed E-state index contributed by atoms with van der Waals surface area (Å²) in [6.45, 7) is 2.64. The summed E-state index contributed by atoms with van der Waals surface area (Å²) < 4.78 is 0. The predicted molar refractivity (Wildman–Crippen MR) is 125 cm³/mol. The van der Waals surface area contributed by atoms with Crippen LogP contribution in [0.1, 0.15) is 66.0 Å². The lowest BCUT2D eigenvalue weighted by Crippen LogP contribution is -2.49. The van der Waals surface area contributed by atoms with E-state index in [9.17, 15) is 9.59 Å². The van der Waals surface area contributed by atoms with Gasteiger partial charge >= 0.3 is 0 Å². The molecule has 2 fully saturated rings. The van der Waals surface area contributed by atoms with Gasteiger partial charge in [0.2, 0.25) is 5.91 Å². The van der Waals surface area contributed by atoms with E-state index in [1.807, 2.05) is 11.8 Å². The maximum Gasteiger partial charge on any atom is 0.254 e. The first-order valence-electron chi connectivity index (χ1n) is 11.3. The minimum Gasteiger partial charge on any atom is -0.354 e. The molecule has 3 atom stereocenters. The second-order valence-corrected chi connectivity index (χ2v) is 10.1. The highest BCUT2D eigenvalue weighted by atomic mass is 35.5. The van der Waals surface area contributed by atoms with Crippen LogP contribution < -0.4 is 5.32 Å². The fourth-order valence-electron chi connectivity index (χ4n) is 5.00. The zero-order valence-corrected chi connectivity index (χ0v) is 19.6. The number of halogens is 1. The number of nitrogens with zero attached hydrogens (tertiary/aromatic N) is 2. The standard InChI is InChI=1S/C24H30ClN3O2S/c1-16-15-31-22(27-16)11-4-5-12-26-23(29)21-14-17-7-2-3-10-20(17)28(21)24(30)18-8-6-9-19(25)13-18/h6,8-9,13,15,17,20-21H,2-5,7,10-12,14H2,1H3,(H,26,29). The Morgan fingerprint density at radius 2 is 2.10 bits per heavy atom. The second-order valence-electron chi connectivity index (χ2n) is 8.72. The van der Waals surface area contributed by atoms with Gasteiger partial charge in [-0.05, 0) is 69.6 Å². The van der Waals surface area contributed by atoms with Crippen molar-refractivity contribution in [3.8, 4) is 0 Å². The summed E-state index contributed by atoms with van der Waals surface area (Å²) in [6.07, 6.45) is 7.99. The lowest BCUT2D eigenvalue weighted by Gasteiger charge is -2.33. The Labute approximate surface area is 193 Å². The lowest BCUT2D eigenvalue weighted by molar-refractivity contribution is -0.125. The summed E-state index contributed by atoms with van der Waals surface area (Å²) >= 11 is 7.82. The summed E-state index contributed by atoms with van der Waals surface area (Å²) in [4.78, 5) is 32.8. The van der Waals surface area contributed by atoms with E-state index in [-0.39, 0.29) is 23.9 Å². The molecule has 4 rings (SSSR count). The Morgan fingerprint density at radius 3 is 2.87 bits per heavy atom. The average Bonchev–Trinajstić information content (AvgIpc) is 3.36. The number of fused-ring (bicyclic) bond motifs is 1. The molecule has 5 nitrogen and oxygen atoms in total. The number of rotatable bonds is 7. The van der Waals surface area contributed by atoms with Gasteiger partial charge in [0.15, 0.2) is 0 Å². The average molecular weight is 460 g/mol. The monoisotopic (exact) mass is 459 g/mol. The van der Waals surface area contributed by atoms with Crippen molar-refractivity contribution < 1.29 is 9.59 Å². The molecule has 1 saturated heterocycles. The molecule has 1 aliphatic carbocycles. The van der Waals surface area contributed by atoms with E-state index >= 15 is 0 Å². The first-order valence-corrected chi connectivity index (χ1v) is 12.6. The topological polar surface area (TPSA) is 62.3 Å². The Hall–Kier alpha value is -1.92. The number of unbranched alkanes of at least 4 members (excludes halogenated alkanes) is 1. The maximum absolute atomic E-state index is 13.4.